The van der Waals surface area contributed by atoms with Crippen LogP contribution in [0.25, 0.3) is 0 Å². The second-order valence-corrected chi connectivity index (χ2v) is 5.56. The zero-order valence-electron chi connectivity index (χ0n) is 7.14. The van der Waals surface area contributed by atoms with Gasteiger partial charge in [0.25, 0.3) is 0 Å². The maximum atomic E-state index is 4.08. The Morgan fingerprint density at radius 2 is 2.00 bits per heavy atom. The molecule has 1 unspecified atom stereocenters. The Bertz CT molecular complexity index is 132. The van der Waals surface area contributed by atoms with Crippen molar-refractivity contribution in [3.63, 3.8) is 0 Å². The Labute approximate surface area is 78.2 Å². The van der Waals surface area contributed by atoms with Crippen LogP contribution in [0, 0.1) is 0 Å². The molecule has 11 heavy (non-hydrogen) atoms. The molecule has 0 aromatic heterocycles. The van der Waals surface area contributed by atoms with Crippen molar-refractivity contribution in [1.29, 1.82) is 0 Å². The summed E-state index contributed by atoms with van der Waals surface area (Å²) in [6.45, 7) is 6.35. The van der Waals surface area contributed by atoms with Gasteiger partial charge in [0.05, 0.1) is 0 Å². The Hall–Kier alpha value is 0.440. The van der Waals surface area contributed by atoms with Gasteiger partial charge in [-0.15, -0.1) is 11.8 Å². The zero-order chi connectivity index (χ0) is 8.10. The quantitative estimate of drug-likeness (QED) is 0.570. The summed E-state index contributed by atoms with van der Waals surface area (Å²) in [5, 5.41) is 0.665. The first-order valence-corrected chi connectivity index (χ1v) is 6.27. The van der Waals surface area contributed by atoms with Crippen molar-refractivity contribution in [1.82, 2.24) is 0 Å². The molecule has 0 aromatic rings. The molecule has 1 atom stereocenters. The topological polar surface area (TPSA) is 0 Å². The largest absolute Gasteiger partial charge is 0.154 e. The van der Waals surface area contributed by atoms with Crippen LogP contribution in [0.2, 0.25) is 0 Å². The predicted octanol–water partition coefficient (Wildman–Crippen LogP) is 3.54. The van der Waals surface area contributed by atoms with Gasteiger partial charge in [-0.05, 0) is 36.2 Å². The van der Waals surface area contributed by atoms with E-state index < -0.39 is 0 Å². The van der Waals surface area contributed by atoms with E-state index in [0.29, 0.717) is 5.25 Å². The third-order valence-corrected chi connectivity index (χ3v) is 4.57. The van der Waals surface area contributed by atoms with Crippen molar-refractivity contribution in [3.05, 3.63) is 11.5 Å². The van der Waals surface area contributed by atoms with E-state index in [1.54, 1.807) is 0 Å². The van der Waals surface area contributed by atoms with Crippen LogP contribution in [-0.2, 0) is 0 Å². The van der Waals surface area contributed by atoms with Crippen molar-refractivity contribution < 1.29 is 0 Å². The van der Waals surface area contributed by atoms with E-state index >= 15 is 0 Å². The first kappa shape index (κ1) is 9.53. The SMILES string of the molecule is C=C1SCCCCCSC1C. The van der Waals surface area contributed by atoms with Gasteiger partial charge in [-0.1, -0.05) is 13.0 Å². The van der Waals surface area contributed by atoms with E-state index in [1.165, 1.54) is 35.7 Å². The molecule has 1 aliphatic heterocycles. The molecule has 2 heteroatoms. The average Bonchev–Trinajstić information content (AvgIpc) is 2.07. The summed E-state index contributed by atoms with van der Waals surface area (Å²) in [6, 6.07) is 0. The Morgan fingerprint density at radius 3 is 2.82 bits per heavy atom. The lowest BCUT2D eigenvalue weighted by atomic mass is 10.3. The average molecular weight is 188 g/mol. The van der Waals surface area contributed by atoms with Gasteiger partial charge in [-0.25, -0.2) is 0 Å². The summed E-state index contributed by atoms with van der Waals surface area (Å²) in [6.07, 6.45) is 4.17. The molecule has 0 saturated carbocycles. The molecule has 1 heterocycles. The minimum Gasteiger partial charge on any atom is -0.154 e. The van der Waals surface area contributed by atoms with Gasteiger partial charge in [0.2, 0.25) is 0 Å². The molecule has 0 bridgehead atoms. The number of thioether (sulfide) groups is 2. The van der Waals surface area contributed by atoms with Crippen molar-refractivity contribution >= 4 is 23.5 Å². The first-order valence-electron chi connectivity index (χ1n) is 4.24. The van der Waals surface area contributed by atoms with Crippen molar-refractivity contribution in [3.8, 4) is 0 Å². The third kappa shape index (κ3) is 3.57. The summed E-state index contributed by atoms with van der Waals surface area (Å²) in [4.78, 5) is 1.37. The van der Waals surface area contributed by atoms with E-state index in [9.17, 15) is 0 Å². The second kappa shape index (κ2) is 5.15. The minimum atomic E-state index is 0.665. The molecule has 1 fully saturated rings. The highest BCUT2D eigenvalue weighted by molar-refractivity contribution is 8.06. The van der Waals surface area contributed by atoms with Crippen molar-refractivity contribution in [2.75, 3.05) is 11.5 Å². The van der Waals surface area contributed by atoms with Crippen LogP contribution in [-0.4, -0.2) is 16.8 Å². The molecule has 1 saturated heterocycles. The van der Waals surface area contributed by atoms with E-state index in [2.05, 4.69) is 25.3 Å². The zero-order valence-corrected chi connectivity index (χ0v) is 8.77. The fourth-order valence-electron chi connectivity index (χ4n) is 1.05. The summed E-state index contributed by atoms with van der Waals surface area (Å²) < 4.78 is 0. The standard InChI is InChI=1S/C9H16S2/c1-8-9(2)11-7-5-3-4-6-10-8/h9H,1,3-7H2,2H3. The second-order valence-electron chi connectivity index (χ2n) is 2.89. The van der Waals surface area contributed by atoms with Crippen LogP contribution in [0.1, 0.15) is 26.2 Å². The van der Waals surface area contributed by atoms with Crippen LogP contribution in [0.3, 0.4) is 0 Å². The van der Waals surface area contributed by atoms with Gasteiger partial charge < -0.3 is 0 Å². The maximum absolute atomic E-state index is 4.08. The van der Waals surface area contributed by atoms with Gasteiger partial charge >= 0.3 is 0 Å². The van der Waals surface area contributed by atoms with Crippen LogP contribution >= 0.6 is 23.5 Å². The highest BCUT2D eigenvalue weighted by Crippen LogP contribution is 2.30. The van der Waals surface area contributed by atoms with E-state index in [-0.39, 0.29) is 0 Å². The molecule has 1 aliphatic rings. The smallest absolute Gasteiger partial charge is 0.0322 e. The molecule has 0 radical (unpaired) electrons. The molecule has 0 aromatic carbocycles. The highest BCUT2D eigenvalue weighted by Gasteiger charge is 2.09. The van der Waals surface area contributed by atoms with Gasteiger partial charge in [-0.3, -0.25) is 0 Å². The van der Waals surface area contributed by atoms with Crippen LogP contribution < -0.4 is 0 Å². The predicted molar refractivity (Wildman–Crippen MR) is 57.4 cm³/mol. The molecule has 0 amide bonds. The van der Waals surface area contributed by atoms with Crippen LogP contribution in [0.5, 0.6) is 0 Å². The van der Waals surface area contributed by atoms with Gasteiger partial charge in [0.1, 0.15) is 0 Å². The molecule has 0 aliphatic carbocycles. The lowest BCUT2D eigenvalue weighted by Gasteiger charge is -2.10. The number of rotatable bonds is 0. The summed E-state index contributed by atoms with van der Waals surface area (Å²) >= 11 is 4.01. The van der Waals surface area contributed by atoms with Crippen LogP contribution in [0.4, 0.5) is 0 Å². The number of hydrogen-bond donors (Lipinski definition) is 0. The molecular weight excluding hydrogens is 172 g/mol. The highest BCUT2D eigenvalue weighted by atomic mass is 32.2. The molecule has 0 N–H and O–H groups in total. The normalized spacial score (nSPS) is 28.8. The summed E-state index contributed by atoms with van der Waals surface area (Å²) in [7, 11) is 0. The number of hydrogen-bond acceptors (Lipinski definition) is 2. The van der Waals surface area contributed by atoms with Gasteiger partial charge in [-0.2, -0.15) is 11.8 Å². The van der Waals surface area contributed by atoms with Gasteiger partial charge in [0, 0.05) is 5.25 Å². The Kier molecular flexibility index (Phi) is 4.46. The van der Waals surface area contributed by atoms with Crippen molar-refractivity contribution in [2.24, 2.45) is 0 Å². The Balaban J connectivity index is 2.35. The minimum absolute atomic E-state index is 0.665. The molecule has 1 rings (SSSR count). The van der Waals surface area contributed by atoms with Gasteiger partial charge in [0.15, 0.2) is 0 Å². The lowest BCUT2D eigenvalue weighted by molar-refractivity contribution is 0.787. The van der Waals surface area contributed by atoms with E-state index in [4.69, 9.17) is 0 Å². The maximum Gasteiger partial charge on any atom is 0.0322 e. The molecule has 64 valence electrons. The van der Waals surface area contributed by atoms with Crippen molar-refractivity contribution in [2.45, 2.75) is 31.4 Å². The lowest BCUT2D eigenvalue weighted by Crippen LogP contribution is -1.97. The summed E-state index contributed by atoms with van der Waals surface area (Å²) in [5.74, 6) is 2.60. The molecule has 0 spiro atoms. The third-order valence-electron chi connectivity index (χ3n) is 1.90. The fourth-order valence-corrected chi connectivity index (χ4v) is 3.22. The fraction of sp³-hybridized carbons (Fsp3) is 0.778. The van der Waals surface area contributed by atoms with E-state index in [0.717, 1.165) is 0 Å². The Morgan fingerprint density at radius 1 is 1.27 bits per heavy atom. The summed E-state index contributed by atoms with van der Waals surface area (Å²) in [5.41, 5.74) is 0. The van der Waals surface area contributed by atoms with E-state index in [1.807, 2.05) is 11.8 Å². The molecular formula is C9H16S2. The molecule has 0 nitrogen and oxygen atoms in total. The monoisotopic (exact) mass is 188 g/mol. The van der Waals surface area contributed by atoms with Crippen LogP contribution in [0.15, 0.2) is 11.5 Å². The first-order chi connectivity index (χ1) is 5.30.